The number of amides is 1. The number of carbonyl (C=O) groups excluding carboxylic acids is 1. The number of methoxy groups -OCH3 is 1. The molecular weight excluding hydrogens is 583 g/mol. The van der Waals surface area contributed by atoms with Gasteiger partial charge in [0.25, 0.3) is 5.91 Å². The molecule has 45 heavy (non-hydrogen) atoms. The lowest BCUT2D eigenvalue weighted by Crippen LogP contribution is -2.54. The van der Waals surface area contributed by atoms with Crippen molar-refractivity contribution in [2.75, 3.05) is 57.1 Å². The van der Waals surface area contributed by atoms with Gasteiger partial charge in [0.15, 0.2) is 0 Å². The van der Waals surface area contributed by atoms with Gasteiger partial charge in [0, 0.05) is 47.9 Å². The van der Waals surface area contributed by atoms with Crippen LogP contribution in [0.1, 0.15) is 55.6 Å². The second-order valence-corrected chi connectivity index (χ2v) is 11.9. The third-order valence-electron chi connectivity index (χ3n) is 8.86. The van der Waals surface area contributed by atoms with Crippen LogP contribution < -0.4 is 20.7 Å². The van der Waals surface area contributed by atoms with Crippen molar-refractivity contribution in [3.63, 3.8) is 0 Å². The van der Waals surface area contributed by atoms with E-state index < -0.39 is 12.7 Å². The summed E-state index contributed by atoms with van der Waals surface area (Å²) < 4.78 is 53.3. The Hall–Kier alpha value is -3.88. The van der Waals surface area contributed by atoms with Crippen LogP contribution >= 0.6 is 0 Å². The van der Waals surface area contributed by atoms with Crippen molar-refractivity contribution >= 4 is 28.2 Å². The van der Waals surface area contributed by atoms with E-state index in [4.69, 9.17) is 9.47 Å². The van der Waals surface area contributed by atoms with Gasteiger partial charge in [-0.2, -0.15) is 13.2 Å². The first-order valence-corrected chi connectivity index (χ1v) is 15.6. The normalized spacial score (nSPS) is 20.7. The van der Waals surface area contributed by atoms with E-state index in [1.165, 1.54) is 11.7 Å². The van der Waals surface area contributed by atoms with Gasteiger partial charge in [-0.05, 0) is 81.8 Å². The molecule has 1 saturated carbocycles. The summed E-state index contributed by atoms with van der Waals surface area (Å²) in [5, 5.41) is 10.3. The number of halogens is 3. The molecule has 1 aliphatic heterocycles. The highest BCUT2D eigenvalue weighted by molar-refractivity contribution is 5.95. The van der Waals surface area contributed by atoms with E-state index in [1.807, 2.05) is 13.0 Å². The van der Waals surface area contributed by atoms with Gasteiger partial charge in [0.2, 0.25) is 0 Å². The Labute approximate surface area is 262 Å². The highest BCUT2D eigenvalue weighted by Crippen LogP contribution is 2.37. The van der Waals surface area contributed by atoms with Gasteiger partial charge in [-0.3, -0.25) is 9.69 Å². The third kappa shape index (κ3) is 7.86. The Morgan fingerprint density at radius 1 is 1.11 bits per heavy atom. The summed E-state index contributed by atoms with van der Waals surface area (Å²) in [4.78, 5) is 14.7. The summed E-state index contributed by atoms with van der Waals surface area (Å²) >= 11 is 0. The van der Waals surface area contributed by atoms with E-state index in [0.717, 1.165) is 63.1 Å². The zero-order chi connectivity index (χ0) is 32.0. The zero-order valence-electron chi connectivity index (χ0n) is 26.2. The van der Waals surface area contributed by atoms with Crippen molar-refractivity contribution < 1.29 is 27.4 Å². The second-order valence-electron chi connectivity index (χ2n) is 11.9. The first-order valence-electron chi connectivity index (χ1n) is 15.6. The average Bonchev–Trinajstić information content (AvgIpc) is 3.37. The molecule has 8 nitrogen and oxygen atoms in total. The fourth-order valence-electron chi connectivity index (χ4n) is 6.40. The number of carbonyl (C=O) groups is 1. The highest BCUT2D eigenvalue weighted by atomic mass is 19.4. The average molecular weight is 626 g/mol. The van der Waals surface area contributed by atoms with Crippen molar-refractivity contribution in [1.29, 1.82) is 0 Å². The quantitative estimate of drug-likeness (QED) is 0.258. The molecule has 1 amide bonds. The van der Waals surface area contributed by atoms with Crippen LogP contribution in [-0.2, 0) is 11.3 Å². The molecule has 2 heterocycles. The smallest absolute Gasteiger partial charge is 0.406 e. The molecular formula is C34H42F3N5O3. The summed E-state index contributed by atoms with van der Waals surface area (Å²) in [7, 11) is 1.50. The Balaban J connectivity index is 1.32. The van der Waals surface area contributed by atoms with Crippen molar-refractivity contribution in [3.8, 4) is 17.6 Å². The number of hydrogen-bond donors (Lipinski definition) is 3. The molecule has 0 radical (unpaired) electrons. The van der Waals surface area contributed by atoms with Crippen LogP contribution in [0.4, 0.5) is 24.5 Å². The fourth-order valence-corrected chi connectivity index (χ4v) is 6.40. The molecule has 1 saturated heterocycles. The number of morpholine rings is 1. The first-order chi connectivity index (χ1) is 21.6. The van der Waals surface area contributed by atoms with Crippen molar-refractivity contribution in [2.24, 2.45) is 0 Å². The second kappa shape index (κ2) is 14.0. The zero-order valence-corrected chi connectivity index (χ0v) is 26.2. The van der Waals surface area contributed by atoms with Crippen LogP contribution in [0.15, 0.2) is 42.5 Å². The standard InChI is InChI=1S/C34H42F3N5O3/c1-4-38-32(43)24-10-11-29(31(21-24)44-3)39-16-6-7-26-22-27-28(8-5-9-30(27)42(26)23-34(35,36)37)40-25-12-14-33(2,15-13-25)41-17-19-45-20-18-41/h5,8-11,21-22,25,39-40H,4,12-20,23H2,1-3H3,(H,38,43). The highest BCUT2D eigenvalue weighted by Gasteiger charge is 2.37. The van der Waals surface area contributed by atoms with Crippen LogP contribution in [-0.4, -0.2) is 79.6 Å². The SMILES string of the molecule is CCNC(=O)c1ccc(NCC#Cc2cc3c(NC4CCC(C)(N5CCOCC5)CC4)cccc3n2CC(F)(F)F)c(OC)c1. The van der Waals surface area contributed by atoms with Gasteiger partial charge < -0.3 is 30.0 Å². The number of hydrogen-bond acceptors (Lipinski definition) is 6. The molecule has 0 atom stereocenters. The van der Waals surface area contributed by atoms with E-state index in [0.29, 0.717) is 34.8 Å². The third-order valence-corrected chi connectivity index (χ3v) is 8.86. The number of benzene rings is 2. The predicted molar refractivity (Wildman–Crippen MR) is 171 cm³/mol. The number of aromatic nitrogens is 1. The molecule has 1 aromatic heterocycles. The Kier molecular flexibility index (Phi) is 10.1. The van der Waals surface area contributed by atoms with Crippen LogP contribution in [0.25, 0.3) is 10.9 Å². The largest absolute Gasteiger partial charge is 0.495 e. The summed E-state index contributed by atoms with van der Waals surface area (Å²) in [5.74, 6) is 6.19. The summed E-state index contributed by atoms with van der Waals surface area (Å²) in [6, 6.07) is 12.5. The lowest BCUT2D eigenvalue weighted by atomic mass is 9.79. The van der Waals surface area contributed by atoms with Gasteiger partial charge >= 0.3 is 6.18 Å². The summed E-state index contributed by atoms with van der Waals surface area (Å²) in [6.45, 7) is 7.18. The minimum Gasteiger partial charge on any atom is -0.495 e. The number of fused-ring (bicyclic) bond motifs is 1. The first kappa shape index (κ1) is 32.5. The number of nitrogens with one attached hydrogen (secondary N) is 3. The maximum atomic E-state index is 13.7. The number of nitrogens with zero attached hydrogens (tertiary/aromatic N) is 2. The van der Waals surface area contributed by atoms with E-state index >= 15 is 0 Å². The topological polar surface area (TPSA) is 79.8 Å². The molecule has 2 aliphatic rings. The molecule has 242 valence electrons. The molecule has 3 aromatic rings. The minimum atomic E-state index is -4.41. The van der Waals surface area contributed by atoms with Gasteiger partial charge in [-0.25, -0.2) is 0 Å². The van der Waals surface area contributed by atoms with E-state index in [9.17, 15) is 18.0 Å². The van der Waals surface area contributed by atoms with Crippen molar-refractivity contribution in [1.82, 2.24) is 14.8 Å². The number of anilines is 2. The summed E-state index contributed by atoms with van der Waals surface area (Å²) in [5.41, 5.74) is 2.85. The number of alkyl halides is 3. The van der Waals surface area contributed by atoms with Gasteiger partial charge in [0.1, 0.15) is 12.3 Å². The number of rotatable bonds is 9. The van der Waals surface area contributed by atoms with E-state index in [-0.39, 0.29) is 24.0 Å². The van der Waals surface area contributed by atoms with Gasteiger partial charge in [0.05, 0.1) is 43.8 Å². The fraction of sp³-hybridized carbons (Fsp3) is 0.500. The van der Waals surface area contributed by atoms with Crippen LogP contribution in [0.5, 0.6) is 5.75 Å². The molecule has 3 N–H and O–H groups in total. The molecule has 0 unspecified atom stereocenters. The van der Waals surface area contributed by atoms with Gasteiger partial charge in [-0.1, -0.05) is 12.0 Å². The number of ether oxygens (including phenoxy) is 2. The minimum absolute atomic E-state index is 0.149. The maximum absolute atomic E-state index is 13.7. The molecule has 2 fully saturated rings. The lowest BCUT2D eigenvalue weighted by molar-refractivity contribution is -0.140. The monoisotopic (exact) mass is 625 g/mol. The van der Waals surface area contributed by atoms with Crippen molar-refractivity contribution in [3.05, 3.63) is 53.7 Å². The van der Waals surface area contributed by atoms with Crippen LogP contribution in [0, 0.1) is 11.8 Å². The van der Waals surface area contributed by atoms with Crippen LogP contribution in [0.2, 0.25) is 0 Å². The maximum Gasteiger partial charge on any atom is 0.406 e. The predicted octanol–water partition coefficient (Wildman–Crippen LogP) is 5.87. The molecule has 2 aromatic carbocycles. The molecule has 1 aliphatic carbocycles. The Morgan fingerprint density at radius 3 is 2.56 bits per heavy atom. The van der Waals surface area contributed by atoms with Gasteiger partial charge in [-0.15, -0.1) is 0 Å². The molecule has 11 heteroatoms. The lowest BCUT2D eigenvalue weighted by Gasteiger charge is -2.47. The molecule has 5 rings (SSSR count). The Morgan fingerprint density at radius 2 is 1.87 bits per heavy atom. The van der Waals surface area contributed by atoms with E-state index in [2.05, 4.69) is 39.6 Å². The van der Waals surface area contributed by atoms with E-state index in [1.54, 1.807) is 36.4 Å². The molecule has 0 spiro atoms. The summed E-state index contributed by atoms with van der Waals surface area (Å²) in [6.07, 6.45) is -0.326. The van der Waals surface area contributed by atoms with Crippen LogP contribution in [0.3, 0.4) is 0 Å². The molecule has 0 bridgehead atoms. The van der Waals surface area contributed by atoms with Crippen molar-refractivity contribution in [2.45, 2.75) is 63.8 Å². The Bertz CT molecular complexity index is 1540.